The van der Waals surface area contributed by atoms with Crippen LogP contribution in [0, 0.1) is 5.82 Å². The van der Waals surface area contributed by atoms with Gasteiger partial charge >= 0.3 is 0 Å². The molecule has 0 bridgehead atoms. The highest BCUT2D eigenvalue weighted by molar-refractivity contribution is 7.90. The molecule has 1 aromatic carbocycles. The largest absolute Gasteiger partial charge is 0.448 e. The minimum absolute atomic E-state index is 0.158. The summed E-state index contributed by atoms with van der Waals surface area (Å²) in [5, 5.41) is 3.24. The molecule has 0 aliphatic rings. The fourth-order valence-electron chi connectivity index (χ4n) is 2.34. The van der Waals surface area contributed by atoms with Gasteiger partial charge in [0.2, 0.25) is 0 Å². The fraction of sp³-hybridized carbons (Fsp3) is 0.438. The molecule has 7 heteroatoms. The van der Waals surface area contributed by atoms with Gasteiger partial charge in [-0.25, -0.2) is 17.8 Å². The highest BCUT2D eigenvalue weighted by atomic mass is 32.2. The van der Waals surface area contributed by atoms with Crippen LogP contribution < -0.4 is 5.32 Å². The first-order valence-corrected chi connectivity index (χ1v) is 9.24. The number of aromatic nitrogens is 1. The molecule has 0 saturated carbocycles. The summed E-state index contributed by atoms with van der Waals surface area (Å²) in [6.45, 7) is 6.41. The minimum Gasteiger partial charge on any atom is -0.448 e. The normalized spacial score (nSPS) is 13.5. The standard InChI is InChI=1S/C16H21FN2O3S/c1-10(2)16-14(19-9-22-16)8-18-11(3)12-5-6-15(13(17)7-12)23(4,20)21/h5-7,9-11,18H,8H2,1-4H3/t11-/m1/s1. The highest BCUT2D eigenvalue weighted by Crippen LogP contribution is 2.22. The second kappa shape index (κ2) is 6.80. The summed E-state index contributed by atoms with van der Waals surface area (Å²) in [5.74, 6) is 0.322. The van der Waals surface area contributed by atoms with E-state index in [2.05, 4.69) is 10.3 Å². The molecule has 0 spiro atoms. The van der Waals surface area contributed by atoms with E-state index in [-0.39, 0.29) is 16.9 Å². The highest BCUT2D eigenvalue weighted by Gasteiger charge is 2.17. The van der Waals surface area contributed by atoms with E-state index in [1.54, 1.807) is 6.07 Å². The number of benzene rings is 1. The van der Waals surface area contributed by atoms with Crippen LogP contribution in [0.5, 0.6) is 0 Å². The van der Waals surface area contributed by atoms with E-state index in [1.807, 2.05) is 20.8 Å². The molecular formula is C16H21FN2O3S. The van der Waals surface area contributed by atoms with Crippen LogP contribution in [0.1, 0.15) is 49.7 Å². The number of hydrogen-bond donors (Lipinski definition) is 1. The average Bonchev–Trinajstić information content (AvgIpc) is 2.91. The van der Waals surface area contributed by atoms with E-state index >= 15 is 0 Å². The number of nitrogens with zero attached hydrogens (tertiary/aromatic N) is 1. The third-order valence-corrected chi connectivity index (χ3v) is 4.76. The fourth-order valence-corrected chi connectivity index (χ4v) is 3.06. The number of halogens is 1. The van der Waals surface area contributed by atoms with Crippen LogP contribution in [-0.4, -0.2) is 19.7 Å². The zero-order valence-corrected chi connectivity index (χ0v) is 14.4. The van der Waals surface area contributed by atoms with E-state index in [4.69, 9.17) is 4.42 Å². The maximum atomic E-state index is 14.0. The van der Waals surface area contributed by atoms with Crippen molar-refractivity contribution in [2.45, 2.75) is 44.2 Å². The van der Waals surface area contributed by atoms with Crippen LogP contribution in [0.15, 0.2) is 33.9 Å². The predicted octanol–water partition coefficient (Wildman–Crippen LogP) is 3.19. The molecule has 0 aliphatic carbocycles. The van der Waals surface area contributed by atoms with Crippen LogP contribution in [0.3, 0.4) is 0 Å². The zero-order valence-electron chi connectivity index (χ0n) is 13.6. The molecule has 0 radical (unpaired) electrons. The molecule has 0 amide bonds. The van der Waals surface area contributed by atoms with E-state index in [0.717, 1.165) is 17.7 Å². The van der Waals surface area contributed by atoms with Gasteiger partial charge in [-0.2, -0.15) is 0 Å². The van der Waals surface area contributed by atoms with Gasteiger partial charge in [0.25, 0.3) is 0 Å². The maximum absolute atomic E-state index is 14.0. The van der Waals surface area contributed by atoms with E-state index in [0.29, 0.717) is 12.1 Å². The number of sulfone groups is 1. The van der Waals surface area contributed by atoms with Gasteiger partial charge in [0.1, 0.15) is 16.5 Å². The van der Waals surface area contributed by atoms with Gasteiger partial charge in [0.15, 0.2) is 16.2 Å². The second-order valence-electron chi connectivity index (χ2n) is 5.88. The van der Waals surface area contributed by atoms with Crippen LogP contribution >= 0.6 is 0 Å². The van der Waals surface area contributed by atoms with Crippen molar-refractivity contribution in [2.75, 3.05) is 6.26 Å². The molecule has 2 rings (SSSR count). The Kier molecular flexibility index (Phi) is 5.21. The Morgan fingerprint density at radius 1 is 1.30 bits per heavy atom. The SMILES string of the molecule is CC(C)c1ocnc1CN[C@H](C)c1ccc(S(C)(=O)=O)c(F)c1. The third kappa shape index (κ3) is 4.17. The Morgan fingerprint density at radius 2 is 2.00 bits per heavy atom. The molecule has 1 heterocycles. The van der Waals surface area contributed by atoms with Gasteiger partial charge in [-0.15, -0.1) is 0 Å². The first-order chi connectivity index (χ1) is 10.7. The molecule has 1 atom stereocenters. The summed E-state index contributed by atoms with van der Waals surface area (Å²) in [6, 6.07) is 4.01. The Balaban J connectivity index is 2.11. The lowest BCUT2D eigenvalue weighted by molar-refractivity contribution is 0.473. The maximum Gasteiger partial charge on any atom is 0.181 e. The van der Waals surface area contributed by atoms with E-state index in [9.17, 15) is 12.8 Å². The Bertz CT molecular complexity index is 784. The quantitative estimate of drug-likeness (QED) is 0.874. The van der Waals surface area contributed by atoms with Crippen molar-refractivity contribution in [3.8, 4) is 0 Å². The molecule has 0 aliphatic heterocycles. The van der Waals surface area contributed by atoms with Crippen LogP contribution in [0.25, 0.3) is 0 Å². The molecular weight excluding hydrogens is 319 g/mol. The first kappa shape index (κ1) is 17.6. The first-order valence-electron chi connectivity index (χ1n) is 7.35. The van der Waals surface area contributed by atoms with Crippen molar-refractivity contribution < 1.29 is 17.2 Å². The smallest absolute Gasteiger partial charge is 0.181 e. The summed E-state index contributed by atoms with van der Waals surface area (Å²) in [7, 11) is -3.56. The molecule has 0 unspecified atom stereocenters. The molecule has 23 heavy (non-hydrogen) atoms. The predicted molar refractivity (Wildman–Crippen MR) is 85.4 cm³/mol. The minimum atomic E-state index is -3.56. The number of rotatable bonds is 6. The van der Waals surface area contributed by atoms with Gasteiger partial charge in [0, 0.05) is 24.8 Å². The van der Waals surface area contributed by atoms with Crippen molar-refractivity contribution in [3.05, 3.63) is 47.4 Å². The van der Waals surface area contributed by atoms with Crippen molar-refractivity contribution in [3.63, 3.8) is 0 Å². The molecule has 1 N–H and O–H groups in total. The molecule has 2 aromatic rings. The second-order valence-corrected chi connectivity index (χ2v) is 7.87. The van der Waals surface area contributed by atoms with Crippen molar-refractivity contribution >= 4 is 9.84 Å². The van der Waals surface area contributed by atoms with Gasteiger partial charge in [-0.3, -0.25) is 0 Å². The summed E-state index contributed by atoms with van der Waals surface area (Å²) in [6.07, 6.45) is 2.41. The molecule has 0 saturated heterocycles. The monoisotopic (exact) mass is 340 g/mol. The topological polar surface area (TPSA) is 72.2 Å². The van der Waals surface area contributed by atoms with Crippen LogP contribution in [0.2, 0.25) is 0 Å². The van der Waals surface area contributed by atoms with Crippen molar-refractivity contribution in [2.24, 2.45) is 0 Å². The molecule has 0 fully saturated rings. The molecule has 126 valence electrons. The van der Waals surface area contributed by atoms with Crippen LogP contribution in [0.4, 0.5) is 4.39 Å². The average molecular weight is 340 g/mol. The van der Waals surface area contributed by atoms with Gasteiger partial charge in [0.05, 0.1) is 5.69 Å². The van der Waals surface area contributed by atoms with Crippen molar-refractivity contribution in [1.29, 1.82) is 0 Å². The lowest BCUT2D eigenvalue weighted by Gasteiger charge is -2.15. The zero-order chi connectivity index (χ0) is 17.2. The van der Waals surface area contributed by atoms with Gasteiger partial charge in [-0.05, 0) is 24.6 Å². The Labute approximate surface area is 135 Å². The molecule has 5 nitrogen and oxygen atoms in total. The molecule has 1 aromatic heterocycles. The van der Waals surface area contributed by atoms with Gasteiger partial charge in [-0.1, -0.05) is 19.9 Å². The summed E-state index contributed by atoms with van der Waals surface area (Å²) in [4.78, 5) is 3.90. The Hall–Kier alpha value is -1.73. The number of oxazole rings is 1. The van der Waals surface area contributed by atoms with Crippen LogP contribution in [-0.2, 0) is 16.4 Å². The van der Waals surface area contributed by atoms with E-state index in [1.165, 1.54) is 18.5 Å². The summed E-state index contributed by atoms with van der Waals surface area (Å²) >= 11 is 0. The summed E-state index contributed by atoms with van der Waals surface area (Å²) in [5.41, 5.74) is 1.49. The number of hydrogen-bond acceptors (Lipinski definition) is 5. The van der Waals surface area contributed by atoms with Crippen molar-refractivity contribution in [1.82, 2.24) is 10.3 Å². The lowest BCUT2D eigenvalue weighted by Crippen LogP contribution is -2.19. The summed E-state index contributed by atoms with van der Waals surface area (Å²) < 4.78 is 42.2. The number of nitrogens with one attached hydrogen (secondary N) is 1. The third-order valence-electron chi connectivity index (χ3n) is 3.63. The lowest BCUT2D eigenvalue weighted by atomic mass is 10.1. The Morgan fingerprint density at radius 3 is 2.57 bits per heavy atom. The van der Waals surface area contributed by atoms with Gasteiger partial charge < -0.3 is 9.73 Å². The van der Waals surface area contributed by atoms with E-state index < -0.39 is 15.7 Å².